The summed E-state index contributed by atoms with van der Waals surface area (Å²) in [4.78, 5) is 12.6. The Bertz CT molecular complexity index is 1140. The van der Waals surface area contributed by atoms with Crippen molar-refractivity contribution in [1.82, 2.24) is 15.1 Å². The van der Waals surface area contributed by atoms with E-state index >= 15 is 0 Å². The number of amides is 1. The maximum atomic E-state index is 13.0. The topological polar surface area (TPSA) is 104 Å². The minimum absolute atomic E-state index is 0.0457. The molecule has 3 aromatic rings. The molecule has 1 heterocycles. The van der Waals surface area contributed by atoms with Gasteiger partial charge in [-0.05, 0) is 30.3 Å². The Hall–Kier alpha value is -3.93. The van der Waals surface area contributed by atoms with E-state index in [4.69, 9.17) is 18.9 Å². The number of ether oxygens (including phenoxy) is 4. The second kappa shape index (κ2) is 11.0. The lowest BCUT2D eigenvalue weighted by Crippen LogP contribution is -2.35. The van der Waals surface area contributed by atoms with Gasteiger partial charge in [0.25, 0.3) is 5.91 Å². The van der Waals surface area contributed by atoms with E-state index in [9.17, 15) is 23.1 Å². The quantitative estimate of drug-likeness (QED) is 0.446. The number of hydrogen-bond donors (Lipinski definition) is 2. The van der Waals surface area contributed by atoms with Gasteiger partial charge in [0, 0.05) is 6.54 Å². The highest BCUT2D eigenvalue weighted by Crippen LogP contribution is 2.36. The Balaban J connectivity index is 1.66. The number of aliphatic hydroxyl groups is 1. The third kappa shape index (κ3) is 6.15. The van der Waals surface area contributed by atoms with Gasteiger partial charge in [-0.15, -0.1) is 0 Å². The maximum absolute atomic E-state index is 13.0. The van der Waals surface area contributed by atoms with E-state index in [0.717, 1.165) is 16.8 Å². The molecule has 0 aliphatic heterocycles. The molecule has 0 bridgehead atoms. The van der Waals surface area contributed by atoms with E-state index in [1.54, 1.807) is 18.2 Å². The number of aliphatic hydroxyl groups excluding tert-OH is 1. The number of carbonyl (C=O) groups is 1. The number of halogens is 3. The summed E-state index contributed by atoms with van der Waals surface area (Å²) in [7, 11) is 4.22. The molecule has 1 atom stereocenters. The zero-order valence-electron chi connectivity index (χ0n) is 19.1. The summed E-state index contributed by atoms with van der Waals surface area (Å²) in [6, 6.07) is 9.53. The number of para-hydroxylation sites is 1. The third-order valence-electron chi connectivity index (χ3n) is 4.85. The average molecular weight is 495 g/mol. The van der Waals surface area contributed by atoms with Crippen LogP contribution in [0.15, 0.2) is 48.7 Å². The molecule has 35 heavy (non-hydrogen) atoms. The Labute approximate surface area is 199 Å². The van der Waals surface area contributed by atoms with E-state index in [1.807, 2.05) is 0 Å². The summed E-state index contributed by atoms with van der Waals surface area (Å²) in [5, 5.41) is 16.8. The lowest BCUT2D eigenvalue weighted by Gasteiger charge is -2.17. The first kappa shape index (κ1) is 25.7. The summed E-state index contributed by atoms with van der Waals surface area (Å²) in [6.07, 6.45) is -4.35. The smallest absolute Gasteiger partial charge is 0.416 e. The summed E-state index contributed by atoms with van der Waals surface area (Å²) in [6.45, 7) is -0.386. The molecule has 2 N–H and O–H groups in total. The SMILES string of the molecule is COc1cn(-c2cccc(C(F)(F)F)c2)nc1C(=O)NCC(O)COc1c(OC)cccc1OC. The molecular weight excluding hydrogens is 471 g/mol. The van der Waals surface area contributed by atoms with Crippen molar-refractivity contribution in [3.63, 3.8) is 0 Å². The lowest BCUT2D eigenvalue weighted by molar-refractivity contribution is -0.137. The number of alkyl halides is 3. The Kier molecular flexibility index (Phi) is 8.07. The fourth-order valence-corrected chi connectivity index (χ4v) is 3.11. The molecular formula is C23H24F3N3O6. The van der Waals surface area contributed by atoms with Crippen molar-refractivity contribution in [2.24, 2.45) is 0 Å². The molecule has 0 saturated heterocycles. The van der Waals surface area contributed by atoms with Gasteiger partial charge in [0.1, 0.15) is 12.7 Å². The molecule has 0 spiro atoms. The minimum atomic E-state index is -4.53. The van der Waals surface area contributed by atoms with E-state index in [-0.39, 0.29) is 30.3 Å². The Morgan fingerprint density at radius 3 is 2.29 bits per heavy atom. The van der Waals surface area contributed by atoms with Crippen LogP contribution in [0.5, 0.6) is 23.0 Å². The number of hydrogen-bond acceptors (Lipinski definition) is 7. The van der Waals surface area contributed by atoms with Crippen LogP contribution in [-0.2, 0) is 6.18 Å². The van der Waals surface area contributed by atoms with Gasteiger partial charge in [-0.3, -0.25) is 4.79 Å². The standard InChI is InChI=1S/C23H24F3N3O6/c1-32-17-8-5-9-18(33-2)21(17)35-13-16(30)11-27-22(31)20-19(34-3)12-29(28-20)15-7-4-6-14(10-15)23(24,25)26/h4-10,12,16,30H,11,13H2,1-3H3,(H,27,31). The summed E-state index contributed by atoms with van der Waals surface area (Å²) >= 11 is 0. The second-order valence-corrected chi connectivity index (χ2v) is 7.21. The van der Waals surface area contributed by atoms with Gasteiger partial charge in [0.2, 0.25) is 5.75 Å². The summed E-state index contributed by atoms with van der Waals surface area (Å²) in [5.41, 5.74) is -0.925. The van der Waals surface area contributed by atoms with Gasteiger partial charge in [-0.25, -0.2) is 4.68 Å². The number of rotatable bonds is 10. The molecule has 1 aromatic heterocycles. The van der Waals surface area contributed by atoms with E-state index < -0.39 is 23.8 Å². The number of aromatic nitrogens is 2. The number of benzene rings is 2. The van der Waals surface area contributed by atoms with Crippen LogP contribution in [0.2, 0.25) is 0 Å². The highest BCUT2D eigenvalue weighted by Gasteiger charge is 2.31. The molecule has 1 amide bonds. The van der Waals surface area contributed by atoms with Gasteiger partial charge in [-0.2, -0.15) is 18.3 Å². The molecule has 0 aliphatic carbocycles. The number of methoxy groups -OCH3 is 3. The van der Waals surface area contributed by atoms with E-state index in [1.165, 1.54) is 39.7 Å². The fourth-order valence-electron chi connectivity index (χ4n) is 3.11. The first-order chi connectivity index (χ1) is 16.7. The van der Waals surface area contributed by atoms with Crippen molar-refractivity contribution in [3.8, 4) is 28.7 Å². The summed E-state index contributed by atoms with van der Waals surface area (Å²) in [5.74, 6) is 0.464. The average Bonchev–Trinajstić information content (AvgIpc) is 3.30. The predicted octanol–water partition coefficient (Wildman–Crippen LogP) is 3.09. The van der Waals surface area contributed by atoms with Crippen LogP contribution in [0, 0.1) is 0 Å². The molecule has 0 aliphatic rings. The van der Waals surface area contributed by atoms with Gasteiger partial charge in [0.05, 0.1) is 38.8 Å². The molecule has 2 aromatic carbocycles. The van der Waals surface area contributed by atoms with E-state index in [0.29, 0.717) is 17.2 Å². The third-order valence-corrected chi connectivity index (χ3v) is 4.85. The van der Waals surface area contributed by atoms with Crippen molar-refractivity contribution < 1.29 is 42.0 Å². The first-order valence-corrected chi connectivity index (χ1v) is 10.3. The van der Waals surface area contributed by atoms with Crippen LogP contribution < -0.4 is 24.3 Å². The maximum Gasteiger partial charge on any atom is 0.416 e. The first-order valence-electron chi connectivity index (χ1n) is 10.3. The number of carbonyl (C=O) groups excluding carboxylic acids is 1. The molecule has 188 valence electrons. The van der Waals surface area contributed by atoms with Crippen molar-refractivity contribution in [2.75, 3.05) is 34.5 Å². The Morgan fingerprint density at radius 2 is 1.69 bits per heavy atom. The van der Waals surface area contributed by atoms with Gasteiger partial charge in [0.15, 0.2) is 22.9 Å². The van der Waals surface area contributed by atoms with Crippen molar-refractivity contribution in [3.05, 3.63) is 59.9 Å². The van der Waals surface area contributed by atoms with Crippen LogP contribution in [0.4, 0.5) is 13.2 Å². The monoisotopic (exact) mass is 495 g/mol. The largest absolute Gasteiger partial charge is 0.493 e. The number of nitrogens with zero attached hydrogens (tertiary/aromatic N) is 2. The highest BCUT2D eigenvalue weighted by atomic mass is 19.4. The zero-order chi connectivity index (χ0) is 25.6. The van der Waals surface area contributed by atoms with Gasteiger partial charge < -0.3 is 29.4 Å². The van der Waals surface area contributed by atoms with Crippen LogP contribution >= 0.6 is 0 Å². The van der Waals surface area contributed by atoms with Crippen molar-refractivity contribution >= 4 is 5.91 Å². The molecule has 0 saturated carbocycles. The van der Waals surface area contributed by atoms with Gasteiger partial charge >= 0.3 is 6.18 Å². The van der Waals surface area contributed by atoms with E-state index in [2.05, 4.69) is 10.4 Å². The molecule has 0 radical (unpaired) electrons. The van der Waals surface area contributed by atoms with Crippen LogP contribution in [-0.4, -0.2) is 61.4 Å². The number of nitrogens with one attached hydrogen (secondary N) is 1. The van der Waals surface area contributed by atoms with Gasteiger partial charge in [-0.1, -0.05) is 12.1 Å². The molecule has 12 heteroatoms. The second-order valence-electron chi connectivity index (χ2n) is 7.21. The van der Waals surface area contributed by atoms with Crippen LogP contribution in [0.25, 0.3) is 5.69 Å². The molecule has 1 unspecified atom stereocenters. The van der Waals surface area contributed by atoms with Crippen LogP contribution in [0.1, 0.15) is 16.1 Å². The lowest BCUT2D eigenvalue weighted by atomic mass is 10.2. The minimum Gasteiger partial charge on any atom is -0.493 e. The predicted molar refractivity (Wildman–Crippen MR) is 118 cm³/mol. The van der Waals surface area contributed by atoms with Crippen LogP contribution in [0.3, 0.4) is 0 Å². The summed E-state index contributed by atoms with van der Waals surface area (Å²) < 4.78 is 61.4. The molecule has 9 nitrogen and oxygen atoms in total. The Morgan fingerprint density at radius 1 is 1.06 bits per heavy atom. The highest BCUT2D eigenvalue weighted by molar-refractivity contribution is 5.95. The van der Waals surface area contributed by atoms with Crippen molar-refractivity contribution in [2.45, 2.75) is 12.3 Å². The zero-order valence-corrected chi connectivity index (χ0v) is 19.1. The van der Waals surface area contributed by atoms with Crippen molar-refractivity contribution in [1.29, 1.82) is 0 Å². The molecule has 3 rings (SSSR count). The normalized spacial score (nSPS) is 12.1. The molecule has 0 fully saturated rings. The fraction of sp³-hybridized carbons (Fsp3) is 0.304.